The summed E-state index contributed by atoms with van der Waals surface area (Å²) in [5.41, 5.74) is 14.0. The van der Waals surface area contributed by atoms with E-state index in [4.69, 9.17) is 0 Å². The number of unbranched alkanes of at least 4 members (excludes halogenated alkanes) is 2. The predicted octanol–water partition coefficient (Wildman–Crippen LogP) is 8.31. The average molecular weight is 711 g/mol. The Hall–Kier alpha value is -4.60. The van der Waals surface area contributed by atoms with Gasteiger partial charge in [-0.2, -0.15) is 0 Å². The fourth-order valence-electron chi connectivity index (χ4n) is 8.18. The van der Waals surface area contributed by atoms with Gasteiger partial charge in [-0.1, -0.05) is 74.9 Å². The second-order valence-electron chi connectivity index (χ2n) is 15.6. The van der Waals surface area contributed by atoms with Crippen molar-refractivity contribution in [3.8, 4) is 23.1 Å². The number of hydrogen-bond acceptors (Lipinski definition) is 3. The molecule has 0 radical (unpaired) electrons. The first-order valence-electron chi connectivity index (χ1n) is 19.8. The van der Waals surface area contributed by atoms with Crippen LogP contribution in [-0.4, -0.2) is 64.3 Å². The second-order valence-corrected chi connectivity index (χ2v) is 15.6. The van der Waals surface area contributed by atoms with E-state index >= 15 is 4.79 Å². The van der Waals surface area contributed by atoms with Crippen LogP contribution in [0.5, 0.6) is 0 Å². The van der Waals surface area contributed by atoms with Gasteiger partial charge in [0.15, 0.2) is 0 Å². The number of hydrogen-bond donors (Lipinski definition) is 0. The van der Waals surface area contributed by atoms with E-state index in [0.29, 0.717) is 32.6 Å². The predicted molar refractivity (Wildman–Crippen MR) is 217 cm³/mol. The molecule has 2 aliphatic rings. The van der Waals surface area contributed by atoms with Gasteiger partial charge in [0.2, 0.25) is 5.91 Å². The molecule has 2 amide bonds. The van der Waals surface area contributed by atoms with Crippen LogP contribution in [0, 0.1) is 18.8 Å². The molecule has 4 aromatic rings. The molecule has 0 N–H and O–H groups in total. The van der Waals surface area contributed by atoms with Gasteiger partial charge in [-0.25, -0.2) is 0 Å². The summed E-state index contributed by atoms with van der Waals surface area (Å²) < 4.78 is 2.36. The molecule has 278 valence electrons. The SMILES string of the molecule is CCCCc1c(CCCC)c(-c2cc3c(cc2C(=O)N2Cc4ccccc4C[C@H]2C)CN(C(=O)Cc2ccc(C#CCN(C)C)cc2)CC3)n(C)c1C. The monoisotopic (exact) mass is 710 g/mol. The van der Waals surface area contributed by atoms with Crippen LogP contribution in [0.25, 0.3) is 11.3 Å². The molecule has 6 heteroatoms. The maximum absolute atomic E-state index is 15.0. The first-order chi connectivity index (χ1) is 25.6. The quantitative estimate of drug-likeness (QED) is 0.147. The van der Waals surface area contributed by atoms with Crippen LogP contribution in [0.4, 0.5) is 0 Å². The van der Waals surface area contributed by atoms with Crippen LogP contribution >= 0.6 is 0 Å². The van der Waals surface area contributed by atoms with Gasteiger partial charge in [0, 0.05) is 55.1 Å². The first-order valence-corrected chi connectivity index (χ1v) is 19.8. The Morgan fingerprint density at radius 3 is 2.26 bits per heavy atom. The lowest BCUT2D eigenvalue weighted by Crippen LogP contribution is -2.43. The van der Waals surface area contributed by atoms with Crippen molar-refractivity contribution in [1.29, 1.82) is 0 Å². The Morgan fingerprint density at radius 1 is 0.868 bits per heavy atom. The van der Waals surface area contributed by atoms with Crippen LogP contribution in [-0.2, 0) is 57.0 Å². The molecule has 3 heterocycles. The molecule has 0 aliphatic carbocycles. The molecule has 0 fully saturated rings. The largest absolute Gasteiger partial charge is 0.347 e. The minimum atomic E-state index is 0.0810. The van der Waals surface area contributed by atoms with Gasteiger partial charge in [-0.3, -0.25) is 14.5 Å². The maximum atomic E-state index is 15.0. The van der Waals surface area contributed by atoms with Crippen LogP contribution in [0.2, 0.25) is 0 Å². The Bertz CT molecular complexity index is 2010. The van der Waals surface area contributed by atoms with E-state index in [1.54, 1.807) is 0 Å². The summed E-state index contributed by atoms with van der Waals surface area (Å²) in [5, 5.41) is 0. The van der Waals surface area contributed by atoms with Crippen LogP contribution in [0.15, 0.2) is 60.7 Å². The normalized spacial score (nSPS) is 15.2. The summed E-state index contributed by atoms with van der Waals surface area (Å²) in [6.07, 6.45) is 8.59. The third-order valence-electron chi connectivity index (χ3n) is 11.4. The van der Waals surface area contributed by atoms with Gasteiger partial charge in [-0.05, 0) is 130 Å². The minimum Gasteiger partial charge on any atom is -0.347 e. The van der Waals surface area contributed by atoms with E-state index in [9.17, 15) is 4.79 Å². The van der Waals surface area contributed by atoms with E-state index in [-0.39, 0.29) is 17.9 Å². The van der Waals surface area contributed by atoms with Gasteiger partial charge in [-0.15, -0.1) is 0 Å². The smallest absolute Gasteiger partial charge is 0.255 e. The molecule has 0 bridgehead atoms. The summed E-state index contributed by atoms with van der Waals surface area (Å²) >= 11 is 0. The van der Waals surface area contributed by atoms with Crippen molar-refractivity contribution >= 4 is 11.8 Å². The van der Waals surface area contributed by atoms with Gasteiger partial charge in [0.25, 0.3) is 5.91 Å². The van der Waals surface area contributed by atoms with Crippen molar-refractivity contribution in [1.82, 2.24) is 19.3 Å². The molecule has 53 heavy (non-hydrogen) atoms. The zero-order chi connectivity index (χ0) is 37.6. The van der Waals surface area contributed by atoms with Crippen molar-refractivity contribution in [2.75, 3.05) is 27.2 Å². The Balaban J connectivity index is 1.36. The number of carbonyl (C=O) groups excluding carboxylic acids is 2. The highest BCUT2D eigenvalue weighted by molar-refractivity contribution is 6.02. The van der Waals surface area contributed by atoms with Crippen molar-refractivity contribution in [3.05, 3.63) is 116 Å². The third-order valence-corrected chi connectivity index (χ3v) is 11.4. The molecule has 0 unspecified atom stereocenters. The second kappa shape index (κ2) is 17.0. The fraction of sp³-hybridized carbons (Fsp3) is 0.447. The molecule has 1 aromatic heterocycles. The van der Waals surface area contributed by atoms with Crippen molar-refractivity contribution < 1.29 is 9.59 Å². The lowest BCUT2D eigenvalue weighted by Gasteiger charge is -2.36. The number of amides is 2. The van der Waals surface area contributed by atoms with Gasteiger partial charge >= 0.3 is 0 Å². The summed E-state index contributed by atoms with van der Waals surface area (Å²) in [5.74, 6) is 6.57. The molecule has 6 rings (SSSR count). The van der Waals surface area contributed by atoms with Gasteiger partial charge in [0.1, 0.15) is 0 Å². The molecule has 2 aliphatic heterocycles. The van der Waals surface area contributed by atoms with Crippen LogP contribution < -0.4 is 0 Å². The standard InChI is InChI=1S/C47H58N4O2/c1-8-10-18-41-34(4)49(7)46(42(41)19-11-9-2)43-29-38-24-26-50(45(52)28-36-22-20-35(21-23-36)15-14-25-48(5)6)31-40(38)30-44(43)47(53)51-32-39-17-13-12-16-37(39)27-33(51)3/h12-13,16-17,20-23,29-30,33H,8-11,18-19,24-28,31-32H2,1-7H3/t33-/m1/s1. The average Bonchev–Trinajstić information content (AvgIpc) is 3.39. The van der Waals surface area contributed by atoms with Crippen molar-refractivity contribution in [2.24, 2.45) is 7.05 Å². The molecule has 6 nitrogen and oxygen atoms in total. The zero-order valence-corrected chi connectivity index (χ0v) is 33.1. The Kier molecular flexibility index (Phi) is 12.3. The fourth-order valence-corrected chi connectivity index (χ4v) is 8.18. The van der Waals surface area contributed by atoms with Gasteiger partial charge < -0.3 is 14.4 Å². The number of benzene rings is 3. The zero-order valence-electron chi connectivity index (χ0n) is 33.1. The molecule has 0 saturated heterocycles. The number of nitrogens with zero attached hydrogens (tertiary/aromatic N) is 4. The Morgan fingerprint density at radius 2 is 1.57 bits per heavy atom. The van der Waals surface area contributed by atoms with Gasteiger partial charge in [0.05, 0.1) is 18.7 Å². The highest BCUT2D eigenvalue weighted by Crippen LogP contribution is 2.39. The number of aromatic nitrogens is 1. The number of carbonyl (C=O) groups is 2. The maximum Gasteiger partial charge on any atom is 0.255 e. The highest BCUT2D eigenvalue weighted by Gasteiger charge is 2.33. The summed E-state index contributed by atoms with van der Waals surface area (Å²) in [6, 6.07) is 21.1. The summed E-state index contributed by atoms with van der Waals surface area (Å²) in [7, 11) is 6.20. The third kappa shape index (κ3) is 8.47. The first kappa shape index (κ1) is 38.1. The van der Waals surface area contributed by atoms with Crippen molar-refractivity contribution in [3.63, 3.8) is 0 Å². The topological polar surface area (TPSA) is 48.8 Å². The lowest BCUT2D eigenvalue weighted by atomic mass is 9.87. The minimum absolute atomic E-state index is 0.0810. The lowest BCUT2D eigenvalue weighted by molar-refractivity contribution is -0.131. The van der Waals surface area contributed by atoms with E-state index in [0.717, 1.165) is 79.2 Å². The molecule has 0 saturated carbocycles. The van der Waals surface area contributed by atoms with E-state index in [2.05, 4.69) is 92.4 Å². The van der Waals surface area contributed by atoms with E-state index < -0.39 is 0 Å². The molecular formula is C47H58N4O2. The summed E-state index contributed by atoms with van der Waals surface area (Å²) in [6.45, 7) is 11.4. The number of rotatable bonds is 11. The molecule has 0 spiro atoms. The highest BCUT2D eigenvalue weighted by atomic mass is 16.2. The van der Waals surface area contributed by atoms with Crippen LogP contribution in [0.1, 0.15) is 107 Å². The van der Waals surface area contributed by atoms with Crippen LogP contribution in [0.3, 0.4) is 0 Å². The number of fused-ring (bicyclic) bond motifs is 2. The molecule has 3 aromatic carbocycles. The Labute approximate surface area is 318 Å². The molecule has 1 atom stereocenters. The van der Waals surface area contributed by atoms with E-state index in [1.807, 2.05) is 48.2 Å². The van der Waals surface area contributed by atoms with E-state index in [1.165, 1.54) is 39.2 Å². The molecular weight excluding hydrogens is 653 g/mol. The van der Waals surface area contributed by atoms with Crippen molar-refractivity contribution in [2.45, 2.75) is 105 Å². The summed E-state index contributed by atoms with van der Waals surface area (Å²) in [4.78, 5) is 34.9.